The maximum atomic E-state index is 11.1. The Morgan fingerprint density at radius 2 is 2.14 bits per heavy atom. The van der Waals surface area contributed by atoms with Crippen molar-refractivity contribution in [2.45, 2.75) is 26.6 Å². The third-order valence-electron chi connectivity index (χ3n) is 2.96. The number of benzene rings is 1. The van der Waals surface area contributed by atoms with Crippen LogP contribution in [-0.2, 0) is 18.0 Å². The fourth-order valence-corrected chi connectivity index (χ4v) is 1.97. The topological polar surface area (TPSA) is 77.5 Å². The standard InChI is InChI=1S/C15H18N2O4/c1-2-8-16-15-12(5-3-7-14(15)17(18)19)10-20-11-13-6-4-9-21-13/h3-7,9,16H,2,8,10-11H2,1H3. The van der Waals surface area contributed by atoms with Gasteiger partial charge in [-0.2, -0.15) is 0 Å². The summed E-state index contributed by atoms with van der Waals surface area (Å²) in [4.78, 5) is 10.7. The minimum atomic E-state index is -0.381. The average Bonchev–Trinajstić information content (AvgIpc) is 2.98. The van der Waals surface area contributed by atoms with E-state index in [0.29, 0.717) is 18.8 Å². The first kappa shape index (κ1) is 15.1. The van der Waals surface area contributed by atoms with E-state index in [1.54, 1.807) is 18.4 Å². The van der Waals surface area contributed by atoms with Crippen LogP contribution in [0, 0.1) is 10.1 Å². The molecule has 0 fully saturated rings. The molecule has 2 rings (SSSR count). The van der Waals surface area contributed by atoms with Gasteiger partial charge in [0.2, 0.25) is 0 Å². The van der Waals surface area contributed by atoms with Gasteiger partial charge >= 0.3 is 0 Å². The number of ether oxygens (including phenoxy) is 1. The molecule has 0 saturated carbocycles. The maximum absolute atomic E-state index is 11.1. The van der Waals surface area contributed by atoms with Crippen LogP contribution in [0.5, 0.6) is 0 Å². The molecule has 1 aromatic heterocycles. The summed E-state index contributed by atoms with van der Waals surface area (Å²) in [6.07, 6.45) is 2.47. The van der Waals surface area contributed by atoms with Crippen molar-refractivity contribution in [3.8, 4) is 0 Å². The van der Waals surface area contributed by atoms with Crippen LogP contribution in [0.25, 0.3) is 0 Å². The molecule has 112 valence electrons. The summed E-state index contributed by atoms with van der Waals surface area (Å²) in [5, 5.41) is 14.2. The number of rotatable bonds is 8. The van der Waals surface area contributed by atoms with Crippen LogP contribution < -0.4 is 5.32 Å². The molecule has 0 radical (unpaired) electrons. The van der Waals surface area contributed by atoms with Gasteiger partial charge in [0.1, 0.15) is 18.1 Å². The van der Waals surface area contributed by atoms with Gasteiger partial charge in [0, 0.05) is 18.2 Å². The fourth-order valence-electron chi connectivity index (χ4n) is 1.97. The summed E-state index contributed by atoms with van der Waals surface area (Å²) < 4.78 is 10.7. The van der Waals surface area contributed by atoms with Crippen molar-refractivity contribution in [2.24, 2.45) is 0 Å². The molecule has 2 aromatic rings. The quantitative estimate of drug-likeness (QED) is 0.592. The first-order chi connectivity index (χ1) is 10.2. The van der Waals surface area contributed by atoms with Crippen LogP contribution in [0.4, 0.5) is 11.4 Å². The van der Waals surface area contributed by atoms with E-state index < -0.39 is 0 Å². The van der Waals surface area contributed by atoms with Crippen LogP contribution in [0.3, 0.4) is 0 Å². The van der Waals surface area contributed by atoms with E-state index in [2.05, 4.69) is 5.32 Å². The van der Waals surface area contributed by atoms with Gasteiger partial charge in [0.15, 0.2) is 0 Å². The van der Waals surface area contributed by atoms with Gasteiger partial charge in [-0.25, -0.2) is 0 Å². The van der Waals surface area contributed by atoms with Crippen LogP contribution in [0.2, 0.25) is 0 Å². The molecular formula is C15H18N2O4. The number of furan rings is 1. The Labute approximate surface area is 122 Å². The first-order valence-corrected chi connectivity index (χ1v) is 6.82. The lowest BCUT2D eigenvalue weighted by molar-refractivity contribution is -0.384. The van der Waals surface area contributed by atoms with Crippen LogP contribution in [0.1, 0.15) is 24.7 Å². The monoisotopic (exact) mass is 290 g/mol. The van der Waals surface area contributed by atoms with Gasteiger partial charge in [-0.15, -0.1) is 0 Å². The normalized spacial score (nSPS) is 10.5. The smallest absolute Gasteiger partial charge is 0.292 e. The van der Waals surface area contributed by atoms with Crippen molar-refractivity contribution in [1.82, 2.24) is 0 Å². The number of hydrogen-bond donors (Lipinski definition) is 1. The predicted octanol–water partition coefficient (Wildman–Crippen LogP) is 3.73. The van der Waals surface area contributed by atoms with Crippen molar-refractivity contribution >= 4 is 11.4 Å². The Morgan fingerprint density at radius 1 is 1.29 bits per heavy atom. The number of nitro benzene ring substituents is 1. The number of nitrogens with one attached hydrogen (secondary N) is 1. The van der Waals surface area contributed by atoms with Crippen molar-refractivity contribution in [2.75, 3.05) is 11.9 Å². The molecule has 0 aliphatic carbocycles. The van der Waals surface area contributed by atoms with Crippen LogP contribution >= 0.6 is 0 Å². The third kappa shape index (κ3) is 4.06. The fraction of sp³-hybridized carbons (Fsp3) is 0.333. The number of hydrogen-bond acceptors (Lipinski definition) is 5. The van der Waals surface area contributed by atoms with E-state index in [4.69, 9.17) is 9.15 Å². The average molecular weight is 290 g/mol. The highest BCUT2D eigenvalue weighted by molar-refractivity contribution is 5.66. The zero-order valence-electron chi connectivity index (χ0n) is 11.9. The molecule has 6 nitrogen and oxygen atoms in total. The zero-order valence-corrected chi connectivity index (χ0v) is 11.9. The molecule has 0 amide bonds. The molecule has 6 heteroatoms. The van der Waals surface area contributed by atoms with Crippen molar-refractivity contribution in [3.05, 3.63) is 58.0 Å². The van der Waals surface area contributed by atoms with E-state index >= 15 is 0 Å². The highest BCUT2D eigenvalue weighted by Gasteiger charge is 2.16. The molecule has 1 aromatic carbocycles. The van der Waals surface area contributed by atoms with Crippen molar-refractivity contribution in [3.63, 3.8) is 0 Å². The maximum Gasteiger partial charge on any atom is 0.292 e. The van der Waals surface area contributed by atoms with Gasteiger partial charge < -0.3 is 14.5 Å². The second-order valence-corrected chi connectivity index (χ2v) is 4.57. The summed E-state index contributed by atoms with van der Waals surface area (Å²) in [6.45, 7) is 3.31. The van der Waals surface area contributed by atoms with Gasteiger partial charge in [-0.1, -0.05) is 19.1 Å². The Morgan fingerprint density at radius 3 is 2.81 bits per heavy atom. The number of nitrogens with zero attached hydrogens (tertiary/aromatic N) is 1. The summed E-state index contributed by atoms with van der Waals surface area (Å²) >= 11 is 0. The van der Waals surface area contributed by atoms with Gasteiger partial charge in [-0.05, 0) is 18.6 Å². The van der Waals surface area contributed by atoms with Crippen LogP contribution in [-0.4, -0.2) is 11.5 Å². The molecule has 0 aliphatic heterocycles. The van der Waals surface area contributed by atoms with E-state index in [-0.39, 0.29) is 17.2 Å². The summed E-state index contributed by atoms with van der Waals surface area (Å²) in [6, 6.07) is 8.60. The molecule has 21 heavy (non-hydrogen) atoms. The Kier molecular flexibility index (Phi) is 5.34. The summed E-state index contributed by atoms with van der Waals surface area (Å²) in [5.74, 6) is 0.725. The Hall–Kier alpha value is -2.34. The molecular weight excluding hydrogens is 272 g/mol. The second-order valence-electron chi connectivity index (χ2n) is 4.57. The molecule has 0 spiro atoms. The largest absolute Gasteiger partial charge is 0.467 e. The third-order valence-corrected chi connectivity index (χ3v) is 2.96. The highest BCUT2D eigenvalue weighted by Crippen LogP contribution is 2.29. The number of anilines is 1. The van der Waals surface area contributed by atoms with Gasteiger partial charge in [-0.3, -0.25) is 10.1 Å². The highest BCUT2D eigenvalue weighted by atomic mass is 16.6. The lowest BCUT2D eigenvalue weighted by Gasteiger charge is -2.12. The predicted molar refractivity (Wildman–Crippen MR) is 79.1 cm³/mol. The lowest BCUT2D eigenvalue weighted by atomic mass is 10.1. The molecule has 1 N–H and O–H groups in total. The van der Waals surface area contributed by atoms with E-state index in [1.807, 2.05) is 19.1 Å². The molecule has 0 atom stereocenters. The van der Waals surface area contributed by atoms with E-state index in [9.17, 15) is 10.1 Å². The first-order valence-electron chi connectivity index (χ1n) is 6.82. The molecule has 0 saturated heterocycles. The molecule has 0 aliphatic rings. The Balaban J connectivity index is 2.09. The number of para-hydroxylation sites is 1. The van der Waals surface area contributed by atoms with Gasteiger partial charge in [0.25, 0.3) is 5.69 Å². The Bertz CT molecular complexity index is 581. The zero-order chi connectivity index (χ0) is 15.1. The molecule has 0 unspecified atom stereocenters. The summed E-state index contributed by atoms with van der Waals surface area (Å²) in [5.41, 5.74) is 1.37. The molecule has 1 heterocycles. The minimum Gasteiger partial charge on any atom is -0.467 e. The van der Waals surface area contributed by atoms with Crippen molar-refractivity contribution in [1.29, 1.82) is 0 Å². The minimum absolute atomic E-state index is 0.0718. The lowest BCUT2D eigenvalue weighted by Crippen LogP contribution is -2.07. The second kappa shape index (κ2) is 7.44. The SMILES string of the molecule is CCCNc1c(COCc2ccco2)cccc1[N+](=O)[O-]. The van der Waals surface area contributed by atoms with Crippen molar-refractivity contribution < 1.29 is 14.1 Å². The summed E-state index contributed by atoms with van der Waals surface area (Å²) in [7, 11) is 0. The molecule has 0 bridgehead atoms. The van der Waals surface area contributed by atoms with Crippen LogP contribution in [0.15, 0.2) is 41.0 Å². The van der Waals surface area contributed by atoms with Gasteiger partial charge in [0.05, 0.1) is 17.8 Å². The van der Waals surface area contributed by atoms with E-state index in [1.165, 1.54) is 6.07 Å². The number of nitro groups is 1. The van der Waals surface area contributed by atoms with E-state index in [0.717, 1.165) is 17.7 Å².